The largest absolute Gasteiger partial charge is 0.469 e. The van der Waals surface area contributed by atoms with Gasteiger partial charge < -0.3 is 4.74 Å². The van der Waals surface area contributed by atoms with Gasteiger partial charge in [0.1, 0.15) is 0 Å². The van der Waals surface area contributed by atoms with Crippen molar-refractivity contribution in [3.8, 4) is 0 Å². The van der Waals surface area contributed by atoms with Gasteiger partial charge in [0.15, 0.2) is 0 Å². The van der Waals surface area contributed by atoms with Gasteiger partial charge in [-0.05, 0) is 46.7 Å². The van der Waals surface area contributed by atoms with E-state index in [9.17, 15) is 13.6 Å². The summed E-state index contributed by atoms with van der Waals surface area (Å²) in [7, 11) is 1.31. The van der Waals surface area contributed by atoms with Gasteiger partial charge in [0.25, 0.3) is 6.43 Å². The number of aryl methyl sites for hydroxylation is 1. The van der Waals surface area contributed by atoms with Crippen LogP contribution in [-0.2, 0) is 16.0 Å². The minimum atomic E-state index is -2.48. The summed E-state index contributed by atoms with van der Waals surface area (Å²) in [5, 5.41) is 0. The Kier molecular flexibility index (Phi) is 5.11. The molecular formula is C11H11F2IO2. The maximum atomic E-state index is 12.6. The molecule has 0 atom stereocenters. The first kappa shape index (κ1) is 13.3. The fourth-order valence-electron chi connectivity index (χ4n) is 1.26. The van der Waals surface area contributed by atoms with Gasteiger partial charge in [-0.25, -0.2) is 8.78 Å². The van der Waals surface area contributed by atoms with Gasteiger partial charge in [0.05, 0.1) is 7.11 Å². The minimum Gasteiger partial charge on any atom is -0.469 e. The molecule has 1 aromatic rings. The predicted molar refractivity (Wildman–Crippen MR) is 64.5 cm³/mol. The zero-order valence-corrected chi connectivity index (χ0v) is 10.8. The van der Waals surface area contributed by atoms with Crippen molar-refractivity contribution in [2.75, 3.05) is 7.11 Å². The molecule has 16 heavy (non-hydrogen) atoms. The van der Waals surface area contributed by atoms with Crippen molar-refractivity contribution in [3.05, 3.63) is 32.9 Å². The second kappa shape index (κ2) is 6.12. The van der Waals surface area contributed by atoms with E-state index in [4.69, 9.17) is 0 Å². The first-order chi connectivity index (χ1) is 7.54. The van der Waals surface area contributed by atoms with Crippen LogP contribution in [0.4, 0.5) is 8.78 Å². The quantitative estimate of drug-likeness (QED) is 0.621. The van der Waals surface area contributed by atoms with Crippen molar-refractivity contribution >= 4 is 28.6 Å². The summed E-state index contributed by atoms with van der Waals surface area (Å²) in [6.07, 6.45) is -1.85. The van der Waals surface area contributed by atoms with Crippen LogP contribution in [0.5, 0.6) is 0 Å². The molecule has 0 aliphatic carbocycles. The van der Waals surface area contributed by atoms with Crippen molar-refractivity contribution in [1.82, 2.24) is 0 Å². The molecule has 1 rings (SSSR count). The summed E-state index contributed by atoms with van der Waals surface area (Å²) in [4.78, 5) is 10.9. The lowest BCUT2D eigenvalue weighted by atomic mass is 10.1. The van der Waals surface area contributed by atoms with Gasteiger partial charge in [0, 0.05) is 15.6 Å². The molecule has 0 saturated heterocycles. The van der Waals surface area contributed by atoms with Crippen LogP contribution in [0.15, 0.2) is 18.2 Å². The van der Waals surface area contributed by atoms with Crippen LogP contribution in [0.2, 0.25) is 0 Å². The average molecular weight is 340 g/mol. The number of hydrogen-bond acceptors (Lipinski definition) is 2. The van der Waals surface area contributed by atoms with E-state index in [-0.39, 0.29) is 18.0 Å². The molecule has 0 spiro atoms. The van der Waals surface area contributed by atoms with E-state index in [1.54, 1.807) is 12.1 Å². The summed E-state index contributed by atoms with van der Waals surface area (Å²) in [6.45, 7) is 0. The lowest BCUT2D eigenvalue weighted by molar-refractivity contribution is -0.140. The van der Waals surface area contributed by atoms with E-state index in [2.05, 4.69) is 4.74 Å². The fourth-order valence-corrected chi connectivity index (χ4v) is 1.84. The highest BCUT2D eigenvalue weighted by atomic mass is 127. The fraction of sp³-hybridized carbons (Fsp3) is 0.364. The average Bonchev–Trinajstić information content (AvgIpc) is 2.27. The molecule has 0 radical (unpaired) electrons. The Morgan fingerprint density at radius 1 is 1.50 bits per heavy atom. The standard InChI is InChI=1S/C11H11F2IO2/c1-16-10(15)5-3-7-2-4-9(14)8(6-7)11(12)13/h2,4,6,11H,3,5H2,1H3. The van der Waals surface area contributed by atoms with Gasteiger partial charge in [-0.15, -0.1) is 0 Å². The van der Waals surface area contributed by atoms with Gasteiger partial charge in [-0.1, -0.05) is 6.07 Å². The zero-order chi connectivity index (χ0) is 12.1. The Bertz CT molecular complexity index is 380. The van der Waals surface area contributed by atoms with Crippen molar-refractivity contribution < 1.29 is 18.3 Å². The highest BCUT2D eigenvalue weighted by Gasteiger charge is 2.12. The summed E-state index contributed by atoms with van der Waals surface area (Å²) >= 11 is 1.87. The number of esters is 1. The summed E-state index contributed by atoms with van der Waals surface area (Å²) in [5.41, 5.74) is 0.740. The SMILES string of the molecule is COC(=O)CCc1ccc(I)c(C(F)F)c1. The van der Waals surface area contributed by atoms with Gasteiger partial charge in [-0.2, -0.15) is 0 Å². The minimum absolute atomic E-state index is 0.0166. The van der Waals surface area contributed by atoms with Gasteiger partial charge >= 0.3 is 5.97 Å². The van der Waals surface area contributed by atoms with E-state index >= 15 is 0 Å². The van der Waals surface area contributed by atoms with E-state index in [1.807, 2.05) is 22.6 Å². The molecule has 0 aliphatic rings. The van der Waals surface area contributed by atoms with Crippen LogP contribution >= 0.6 is 22.6 Å². The van der Waals surface area contributed by atoms with E-state index in [0.29, 0.717) is 9.99 Å². The topological polar surface area (TPSA) is 26.3 Å². The molecule has 1 aromatic carbocycles. The van der Waals surface area contributed by atoms with E-state index in [0.717, 1.165) is 5.56 Å². The number of rotatable bonds is 4. The number of hydrogen-bond donors (Lipinski definition) is 0. The zero-order valence-electron chi connectivity index (χ0n) is 8.67. The molecule has 0 aromatic heterocycles. The summed E-state index contributed by atoms with van der Waals surface area (Å²) in [5.74, 6) is -0.336. The second-order valence-electron chi connectivity index (χ2n) is 3.23. The number of methoxy groups -OCH3 is 1. The number of alkyl halides is 2. The molecular weight excluding hydrogens is 329 g/mol. The molecule has 0 fully saturated rings. The molecule has 2 nitrogen and oxygen atoms in total. The maximum Gasteiger partial charge on any atom is 0.305 e. The smallest absolute Gasteiger partial charge is 0.305 e. The number of carbonyl (C=O) groups excluding carboxylic acids is 1. The van der Waals surface area contributed by atoms with Crippen LogP contribution in [0.1, 0.15) is 24.0 Å². The first-order valence-corrected chi connectivity index (χ1v) is 5.75. The molecule has 5 heteroatoms. The van der Waals surface area contributed by atoms with Gasteiger partial charge in [0.2, 0.25) is 0 Å². The predicted octanol–water partition coefficient (Wildman–Crippen LogP) is 3.33. The molecule has 0 N–H and O–H groups in total. The van der Waals surface area contributed by atoms with Crippen molar-refractivity contribution in [3.63, 3.8) is 0 Å². The molecule has 0 unspecified atom stereocenters. The molecule has 88 valence electrons. The maximum absolute atomic E-state index is 12.6. The molecule has 0 heterocycles. The molecule has 0 saturated carbocycles. The third-order valence-corrected chi connectivity index (χ3v) is 3.12. The van der Waals surface area contributed by atoms with Crippen molar-refractivity contribution in [2.24, 2.45) is 0 Å². The summed E-state index contributed by atoms with van der Waals surface area (Å²) < 4.78 is 30.2. The highest BCUT2D eigenvalue weighted by molar-refractivity contribution is 14.1. The molecule has 0 bridgehead atoms. The Morgan fingerprint density at radius 3 is 2.75 bits per heavy atom. The van der Waals surface area contributed by atoms with Crippen LogP contribution in [0, 0.1) is 3.57 Å². The van der Waals surface area contributed by atoms with Crippen LogP contribution in [-0.4, -0.2) is 13.1 Å². The molecule has 0 aliphatic heterocycles. The highest BCUT2D eigenvalue weighted by Crippen LogP contribution is 2.25. The second-order valence-corrected chi connectivity index (χ2v) is 4.39. The Balaban J connectivity index is 2.75. The van der Waals surface area contributed by atoms with Crippen LogP contribution in [0.3, 0.4) is 0 Å². The van der Waals surface area contributed by atoms with Crippen LogP contribution < -0.4 is 0 Å². The third-order valence-electron chi connectivity index (χ3n) is 2.14. The lowest BCUT2D eigenvalue weighted by Gasteiger charge is -2.06. The number of benzene rings is 1. The Morgan fingerprint density at radius 2 is 2.19 bits per heavy atom. The monoisotopic (exact) mass is 340 g/mol. The summed E-state index contributed by atoms with van der Waals surface area (Å²) in [6, 6.07) is 4.82. The first-order valence-electron chi connectivity index (χ1n) is 4.68. The van der Waals surface area contributed by atoms with Crippen molar-refractivity contribution in [1.29, 1.82) is 0 Å². The normalized spacial score (nSPS) is 10.6. The Labute approximate surface area is 106 Å². The Hall–Kier alpha value is -0.720. The van der Waals surface area contributed by atoms with Gasteiger partial charge in [-0.3, -0.25) is 4.79 Å². The van der Waals surface area contributed by atoms with E-state index < -0.39 is 6.43 Å². The lowest BCUT2D eigenvalue weighted by Crippen LogP contribution is -2.02. The van der Waals surface area contributed by atoms with Crippen LogP contribution in [0.25, 0.3) is 0 Å². The molecule has 0 amide bonds. The van der Waals surface area contributed by atoms with E-state index in [1.165, 1.54) is 13.2 Å². The van der Waals surface area contributed by atoms with Crippen molar-refractivity contribution in [2.45, 2.75) is 19.3 Å². The third kappa shape index (κ3) is 3.70. The number of halogens is 3. The number of carbonyl (C=O) groups is 1. The number of ether oxygens (including phenoxy) is 1.